The van der Waals surface area contributed by atoms with E-state index in [9.17, 15) is 18.0 Å². The van der Waals surface area contributed by atoms with E-state index in [2.05, 4.69) is 20.3 Å². The molecule has 3 N–H and O–H groups in total. The van der Waals surface area contributed by atoms with Crippen LogP contribution < -0.4 is 15.4 Å². The molecule has 0 atom stereocenters. The predicted molar refractivity (Wildman–Crippen MR) is 117 cm³/mol. The van der Waals surface area contributed by atoms with Gasteiger partial charge in [-0.25, -0.2) is 18.1 Å². The highest BCUT2D eigenvalue weighted by atomic mass is 32.2. The number of hydrogen-bond donors (Lipinski definition) is 3. The molecule has 0 spiro atoms. The Hall–Kier alpha value is -3.08. The molecule has 3 aromatic rings. The number of benzene rings is 2. The molecule has 0 aliphatic carbocycles. The van der Waals surface area contributed by atoms with Crippen molar-refractivity contribution in [3.05, 3.63) is 60.0 Å². The Labute approximate surface area is 178 Å². The van der Waals surface area contributed by atoms with Gasteiger partial charge in [0.25, 0.3) is 0 Å². The largest absolute Gasteiger partial charge is 0.326 e. The highest BCUT2D eigenvalue weighted by Gasteiger charge is 2.14. The maximum absolute atomic E-state index is 12.1. The van der Waals surface area contributed by atoms with E-state index in [1.165, 1.54) is 30.4 Å². The normalized spacial score (nSPS) is 11.1. The summed E-state index contributed by atoms with van der Waals surface area (Å²) in [5, 5.41) is 7.59. The van der Waals surface area contributed by atoms with E-state index in [1.807, 2.05) is 12.1 Å². The zero-order valence-electron chi connectivity index (χ0n) is 16.1. The van der Waals surface area contributed by atoms with Gasteiger partial charge in [0, 0.05) is 36.5 Å². The van der Waals surface area contributed by atoms with Gasteiger partial charge in [0.05, 0.1) is 10.6 Å². The van der Waals surface area contributed by atoms with Crippen LogP contribution in [0.1, 0.15) is 13.3 Å². The average molecular weight is 445 g/mol. The Balaban J connectivity index is 1.52. The number of hydrogen-bond acceptors (Lipinski definition) is 6. The number of amides is 2. The van der Waals surface area contributed by atoms with Gasteiger partial charge in [-0.05, 0) is 24.3 Å². The molecule has 2 amide bonds. The molecule has 156 valence electrons. The Kier molecular flexibility index (Phi) is 6.93. The van der Waals surface area contributed by atoms with Crippen LogP contribution in [0.4, 0.5) is 10.8 Å². The number of nitrogens with one attached hydrogen (secondary N) is 3. The Morgan fingerprint density at radius 2 is 1.70 bits per heavy atom. The lowest BCUT2D eigenvalue weighted by Crippen LogP contribution is -2.27. The second-order valence-electron chi connectivity index (χ2n) is 6.31. The molecular formula is C20H20N4O4S2. The number of rotatable bonds is 8. The molecule has 0 radical (unpaired) electrons. The number of thiazole rings is 1. The van der Waals surface area contributed by atoms with Crippen LogP contribution in [-0.2, 0) is 19.6 Å². The fourth-order valence-corrected chi connectivity index (χ4v) is 4.34. The van der Waals surface area contributed by atoms with E-state index < -0.39 is 10.0 Å². The van der Waals surface area contributed by atoms with Crippen LogP contribution in [0.5, 0.6) is 0 Å². The van der Waals surface area contributed by atoms with Crippen molar-refractivity contribution in [2.45, 2.75) is 18.2 Å². The topological polar surface area (TPSA) is 117 Å². The third-order valence-electron chi connectivity index (χ3n) is 3.95. The highest BCUT2D eigenvalue weighted by molar-refractivity contribution is 7.89. The van der Waals surface area contributed by atoms with Crippen molar-refractivity contribution in [2.24, 2.45) is 0 Å². The Morgan fingerprint density at radius 1 is 1.00 bits per heavy atom. The van der Waals surface area contributed by atoms with Gasteiger partial charge in [0.1, 0.15) is 0 Å². The van der Waals surface area contributed by atoms with Crippen molar-refractivity contribution in [1.82, 2.24) is 9.71 Å². The van der Waals surface area contributed by atoms with Gasteiger partial charge in [-0.15, -0.1) is 11.3 Å². The minimum Gasteiger partial charge on any atom is -0.326 e. The lowest BCUT2D eigenvalue weighted by atomic mass is 10.1. The minimum atomic E-state index is -3.64. The molecule has 2 aromatic carbocycles. The van der Waals surface area contributed by atoms with Gasteiger partial charge in [-0.2, -0.15) is 0 Å². The minimum absolute atomic E-state index is 0.0214. The molecule has 0 saturated heterocycles. The Bertz CT molecular complexity index is 1130. The molecule has 0 aliphatic rings. The predicted octanol–water partition coefficient (Wildman–Crippen LogP) is 3.08. The van der Waals surface area contributed by atoms with Crippen molar-refractivity contribution in [3.8, 4) is 11.3 Å². The first-order valence-corrected chi connectivity index (χ1v) is 11.4. The van der Waals surface area contributed by atoms with Crippen molar-refractivity contribution in [1.29, 1.82) is 0 Å². The SMILES string of the molecule is CC(=O)Nc1ccc(-c2csc(NC(=O)CCNS(=O)(=O)c3ccccc3)n2)cc1. The molecule has 10 heteroatoms. The lowest BCUT2D eigenvalue weighted by molar-refractivity contribution is -0.116. The Morgan fingerprint density at radius 3 is 2.37 bits per heavy atom. The van der Waals surface area contributed by atoms with E-state index in [0.717, 1.165) is 5.56 Å². The first-order valence-electron chi connectivity index (χ1n) is 9.01. The van der Waals surface area contributed by atoms with Crippen LogP contribution in [-0.4, -0.2) is 31.8 Å². The van der Waals surface area contributed by atoms with E-state index in [4.69, 9.17) is 0 Å². The number of sulfonamides is 1. The number of carbonyl (C=O) groups is 2. The van der Waals surface area contributed by atoms with Gasteiger partial charge in [-0.1, -0.05) is 30.3 Å². The zero-order chi connectivity index (χ0) is 21.6. The quantitative estimate of drug-likeness (QED) is 0.494. The summed E-state index contributed by atoms with van der Waals surface area (Å²) in [6, 6.07) is 15.2. The van der Waals surface area contributed by atoms with Crippen LogP contribution in [0.25, 0.3) is 11.3 Å². The van der Waals surface area contributed by atoms with Crippen molar-refractivity contribution in [3.63, 3.8) is 0 Å². The number of nitrogens with zero attached hydrogens (tertiary/aromatic N) is 1. The summed E-state index contributed by atoms with van der Waals surface area (Å²) >= 11 is 1.27. The smallest absolute Gasteiger partial charge is 0.240 e. The van der Waals surface area contributed by atoms with Crippen LogP contribution in [0.2, 0.25) is 0 Å². The van der Waals surface area contributed by atoms with Crippen LogP contribution in [0.15, 0.2) is 64.9 Å². The van der Waals surface area contributed by atoms with Crippen molar-refractivity contribution < 1.29 is 18.0 Å². The lowest BCUT2D eigenvalue weighted by Gasteiger charge is -2.06. The van der Waals surface area contributed by atoms with Crippen LogP contribution >= 0.6 is 11.3 Å². The van der Waals surface area contributed by atoms with Crippen LogP contribution in [0.3, 0.4) is 0 Å². The average Bonchev–Trinajstić information content (AvgIpc) is 3.17. The molecule has 30 heavy (non-hydrogen) atoms. The molecule has 0 fully saturated rings. The molecule has 0 bridgehead atoms. The third kappa shape index (κ3) is 5.96. The van der Waals surface area contributed by atoms with Gasteiger partial charge < -0.3 is 10.6 Å². The second-order valence-corrected chi connectivity index (χ2v) is 8.93. The van der Waals surface area contributed by atoms with Gasteiger partial charge >= 0.3 is 0 Å². The van der Waals surface area contributed by atoms with Gasteiger partial charge in [-0.3, -0.25) is 9.59 Å². The molecular weight excluding hydrogens is 424 g/mol. The van der Waals surface area contributed by atoms with E-state index in [-0.39, 0.29) is 29.7 Å². The summed E-state index contributed by atoms with van der Waals surface area (Å²) in [7, 11) is -3.64. The summed E-state index contributed by atoms with van der Waals surface area (Å²) < 4.78 is 26.7. The monoisotopic (exact) mass is 444 g/mol. The zero-order valence-corrected chi connectivity index (χ0v) is 17.7. The second kappa shape index (κ2) is 9.61. The molecule has 0 unspecified atom stereocenters. The molecule has 1 heterocycles. The number of carbonyl (C=O) groups excluding carboxylic acids is 2. The summed E-state index contributed by atoms with van der Waals surface area (Å²) in [4.78, 5) is 27.7. The molecule has 3 rings (SSSR count). The molecule has 1 aromatic heterocycles. The fourth-order valence-electron chi connectivity index (χ4n) is 2.55. The maximum atomic E-state index is 12.1. The molecule has 8 nitrogen and oxygen atoms in total. The van der Waals surface area contributed by atoms with E-state index >= 15 is 0 Å². The first-order chi connectivity index (χ1) is 14.3. The van der Waals surface area contributed by atoms with Gasteiger partial charge in [0.2, 0.25) is 21.8 Å². The van der Waals surface area contributed by atoms with Crippen molar-refractivity contribution in [2.75, 3.05) is 17.2 Å². The molecule has 0 aliphatic heterocycles. The summed E-state index contributed by atoms with van der Waals surface area (Å²) in [5.74, 6) is -0.486. The van der Waals surface area contributed by atoms with Gasteiger partial charge in [0.15, 0.2) is 5.13 Å². The highest BCUT2D eigenvalue weighted by Crippen LogP contribution is 2.26. The third-order valence-corrected chi connectivity index (χ3v) is 6.18. The standard InChI is InChI=1S/C20H20N4O4S2/c1-14(25)22-16-9-7-15(8-10-16)18-13-29-20(23-18)24-19(26)11-12-21-30(27,28)17-5-3-2-4-6-17/h2-10,13,21H,11-12H2,1H3,(H,22,25)(H,23,24,26). The fraction of sp³-hybridized carbons (Fsp3) is 0.150. The molecule has 0 saturated carbocycles. The van der Waals surface area contributed by atoms with Crippen LogP contribution in [0, 0.1) is 0 Å². The number of anilines is 2. The number of aromatic nitrogens is 1. The first kappa shape index (κ1) is 21.6. The summed E-state index contributed by atoms with van der Waals surface area (Å²) in [6.45, 7) is 1.42. The summed E-state index contributed by atoms with van der Waals surface area (Å²) in [5.41, 5.74) is 2.22. The van der Waals surface area contributed by atoms with E-state index in [0.29, 0.717) is 16.5 Å². The van der Waals surface area contributed by atoms with Crippen molar-refractivity contribution >= 4 is 44.0 Å². The maximum Gasteiger partial charge on any atom is 0.240 e. The summed E-state index contributed by atoms with van der Waals surface area (Å²) in [6.07, 6.45) is -0.0214. The van der Waals surface area contributed by atoms with E-state index in [1.54, 1.807) is 35.7 Å².